The first-order valence-corrected chi connectivity index (χ1v) is 7.77. The minimum absolute atomic E-state index is 0.0230. The van der Waals surface area contributed by atoms with Gasteiger partial charge in [0.15, 0.2) is 0 Å². The number of amides is 1. The van der Waals surface area contributed by atoms with E-state index in [9.17, 15) is 9.59 Å². The van der Waals surface area contributed by atoms with Gasteiger partial charge in [0.1, 0.15) is 12.3 Å². The third kappa shape index (κ3) is 4.30. The van der Waals surface area contributed by atoms with Crippen molar-refractivity contribution in [3.8, 4) is 0 Å². The number of rotatable bonds is 5. The molecule has 1 aromatic carbocycles. The molecule has 0 radical (unpaired) electrons. The summed E-state index contributed by atoms with van der Waals surface area (Å²) in [5, 5.41) is 4.18. The molecule has 1 aliphatic rings. The van der Waals surface area contributed by atoms with Crippen LogP contribution in [0.25, 0.3) is 0 Å². The molecule has 2 rings (SSSR count). The fraction of sp³-hybridized carbons (Fsp3) is 0.467. The fourth-order valence-corrected chi connectivity index (χ4v) is 3.80. The monoisotopic (exact) mass is 307 g/mol. The van der Waals surface area contributed by atoms with Gasteiger partial charge in [0.25, 0.3) is 0 Å². The van der Waals surface area contributed by atoms with Gasteiger partial charge >= 0.3 is 0 Å². The first-order valence-electron chi connectivity index (χ1n) is 6.89. The number of hydrogen-bond donors (Lipinski definition) is 2. The fourth-order valence-electron chi connectivity index (χ4n) is 2.43. The summed E-state index contributed by atoms with van der Waals surface area (Å²) >= 11 is 1.61. The zero-order chi connectivity index (χ0) is 15.5. The van der Waals surface area contributed by atoms with E-state index in [4.69, 9.17) is 5.84 Å². The number of carbonyl (C=O) groups excluding carboxylic acids is 2. The molecule has 1 fully saturated rings. The number of aldehydes is 1. The smallest absolute Gasteiger partial charge is 0.225 e. The molecule has 3 N–H and O–H groups in total. The van der Waals surface area contributed by atoms with E-state index in [2.05, 4.69) is 19.2 Å². The molecule has 114 valence electrons. The third-order valence-electron chi connectivity index (χ3n) is 3.32. The average Bonchev–Trinajstić information content (AvgIpc) is 2.70. The van der Waals surface area contributed by atoms with Crippen molar-refractivity contribution in [3.63, 3.8) is 0 Å². The van der Waals surface area contributed by atoms with Crippen LogP contribution in [0.2, 0.25) is 0 Å². The van der Waals surface area contributed by atoms with Crippen LogP contribution in [0.5, 0.6) is 0 Å². The van der Waals surface area contributed by atoms with Gasteiger partial charge in [-0.1, -0.05) is 30.3 Å². The first-order chi connectivity index (χ1) is 9.91. The summed E-state index contributed by atoms with van der Waals surface area (Å²) in [6.45, 7) is 4.83. The van der Waals surface area contributed by atoms with E-state index in [1.807, 2.05) is 30.3 Å². The summed E-state index contributed by atoms with van der Waals surface area (Å²) in [4.78, 5) is 23.4. The van der Waals surface area contributed by atoms with E-state index in [-0.39, 0.29) is 22.4 Å². The Labute approximate surface area is 129 Å². The Kier molecular flexibility index (Phi) is 5.03. The molecule has 0 aromatic heterocycles. The standard InChI is InChI=1S/C15H21N3O2S/c1-15(2)10-18(16)14(21-15)12(9-19)17-13(20)8-11-6-4-3-5-7-11/h3-7,9,12,14H,8,10,16H2,1-2H3,(H,17,20)/t12-,14?/m1/s1. The lowest BCUT2D eigenvalue weighted by Gasteiger charge is -2.24. The maximum atomic E-state index is 12.1. The molecule has 1 aromatic rings. The summed E-state index contributed by atoms with van der Waals surface area (Å²) in [5.74, 6) is 5.79. The van der Waals surface area contributed by atoms with Gasteiger partial charge in [-0.05, 0) is 19.4 Å². The first kappa shape index (κ1) is 16.0. The highest BCUT2D eigenvalue weighted by molar-refractivity contribution is 8.01. The predicted octanol–water partition coefficient (Wildman–Crippen LogP) is 0.940. The molecule has 1 heterocycles. The molecule has 21 heavy (non-hydrogen) atoms. The number of hydrazine groups is 1. The van der Waals surface area contributed by atoms with Crippen LogP contribution in [0, 0.1) is 0 Å². The molecule has 6 heteroatoms. The second kappa shape index (κ2) is 6.60. The Hall–Kier alpha value is -1.37. The van der Waals surface area contributed by atoms with Gasteiger partial charge in [0.2, 0.25) is 5.91 Å². The second-order valence-electron chi connectivity index (χ2n) is 5.83. The molecule has 5 nitrogen and oxygen atoms in total. The van der Waals surface area contributed by atoms with Crippen molar-refractivity contribution in [3.05, 3.63) is 35.9 Å². The largest absolute Gasteiger partial charge is 0.344 e. The maximum absolute atomic E-state index is 12.1. The van der Waals surface area contributed by atoms with Crippen LogP contribution in [0.15, 0.2) is 30.3 Å². The molecular weight excluding hydrogens is 286 g/mol. The molecule has 1 unspecified atom stereocenters. The van der Waals surface area contributed by atoms with E-state index < -0.39 is 6.04 Å². The SMILES string of the molecule is CC1(C)CN(N)C([C@@H](C=O)NC(=O)Cc2ccccc2)S1. The number of nitrogens with zero attached hydrogens (tertiary/aromatic N) is 1. The quantitative estimate of drug-likeness (QED) is 0.625. The highest BCUT2D eigenvalue weighted by Crippen LogP contribution is 2.38. The third-order valence-corrected chi connectivity index (χ3v) is 4.89. The van der Waals surface area contributed by atoms with Crippen LogP contribution in [0.1, 0.15) is 19.4 Å². The molecule has 0 bridgehead atoms. The van der Waals surface area contributed by atoms with E-state index in [1.54, 1.807) is 16.8 Å². The lowest BCUT2D eigenvalue weighted by molar-refractivity contribution is -0.123. The van der Waals surface area contributed by atoms with Crippen LogP contribution in [0.4, 0.5) is 0 Å². The Morgan fingerprint density at radius 2 is 2.19 bits per heavy atom. The van der Waals surface area contributed by atoms with Crippen molar-refractivity contribution >= 4 is 24.0 Å². The lowest BCUT2D eigenvalue weighted by Crippen LogP contribution is -2.51. The van der Waals surface area contributed by atoms with E-state index in [0.717, 1.165) is 11.8 Å². The average molecular weight is 307 g/mol. The minimum Gasteiger partial charge on any atom is -0.344 e. The van der Waals surface area contributed by atoms with Gasteiger partial charge in [-0.2, -0.15) is 0 Å². The number of benzene rings is 1. The highest BCUT2D eigenvalue weighted by Gasteiger charge is 2.41. The van der Waals surface area contributed by atoms with Crippen molar-refractivity contribution in [2.75, 3.05) is 6.54 Å². The summed E-state index contributed by atoms with van der Waals surface area (Å²) in [5.41, 5.74) is 0.920. The number of nitrogens with two attached hydrogens (primary N) is 1. The number of carbonyl (C=O) groups is 2. The summed E-state index contributed by atoms with van der Waals surface area (Å²) in [6.07, 6.45) is 1.03. The zero-order valence-electron chi connectivity index (χ0n) is 12.3. The van der Waals surface area contributed by atoms with Gasteiger partial charge in [0, 0.05) is 11.3 Å². The topological polar surface area (TPSA) is 75.4 Å². The zero-order valence-corrected chi connectivity index (χ0v) is 13.1. The van der Waals surface area contributed by atoms with E-state index >= 15 is 0 Å². The van der Waals surface area contributed by atoms with Crippen molar-refractivity contribution in [1.29, 1.82) is 0 Å². The van der Waals surface area contributed by atoms with Gasteiger partial charge in [-0.25, -0.2) is 5.01 Å². The molecule has 1 aliphatic heterocycles. The van der Waals surface area contributed by atoms with Crippen LogP contribution in [0.3, 0.4) is 0 Å². The van der Waals surface area contributed by atoms with E-state index in [1.165, 1.54) is 0 Å². The summed E-state index contributed by atoms with van der Waals surface area (Å²) < 4.78 is -0.0230. The maximum Gasteiger partial charge on any atom is 0.225 e. The van der Waals surface area contributed by atoms with Crippen LogP contribution < -0.4 is 11.2 Å². The Morgan fingerprint density at radius 1 is 1.52 bits per heavy atom. The lowest BCUT2D eigenvalue weighted by atomic mass is 10.1. The molecule has 0 saturated carbocycles. The van der Waals surface area contributed by atoms with Crippen molar-refractivity contribution in [2.24, 2.45) is 5.84 Å². The van der Waals surface area contributed by atoms with Gasteiger partial charge in [-0.15, -0.1) is 11.8 Å². The molecule has 2 atom stereocenters. The molecule has 0 spiro atoms. The highest BCUT2D eigenvalue weighted by atomic mass is 32.2. The normalized spacial score (nSPS) is 22.7. The number of hydrogen-bond acceptors (Lipinski definition) is 5. The van der Waals surface area contributed by atoms with Gasteiger partial charge in [-0.3, -0.25) is 10.6 Å². The number of thioether (sulfide) groups is 1. The summed E-state index contributed by atoms with van der Waals surface area (Å²) in [6, 6.07) is 8.85. The predicted molar refractivity (Wildman–Crippen MR) is 84.5 cm³/mol. The van der Waals surface area contributed by atoms with Crippen LogP contribution >= 0.6 is 11.8 Å². The molecule has 1 amide bonds. The Morgan fingerprint density at radius 3 is 2.71 bits per heavy atom. The Balaban J connectivity index is 1.96. The minimum atomic E-state index is -0.599. The molecule has 1 saturated heterocycles. The molecule has 0 aliphatic carbocycles. The van der Waals surface area contributed by atoms with Crippen molar-refractivity contribution < 1.29 is 9.59 Å². The number of nitrogens with one attached hydrogen (secondary N) is 1. The van der Waals surface area contributed by atoms with Crippen molar-refractivity contribution in [1.82, 2.24) is 10.3 Å². The Bertz CT molecular complexity index is 507. The van der Waals surface area contributed by atoms with Gasteiger partial charge < -0.3 is 10.1 Å². The van der Waals surface area contributed by atoms with Gasteiger partial charge in [0.05, 0.1) is 11.8 Å². The van der Waals surface area contributed by atoms with Crippen LogP contribution in [-0.4, -0.2) is 39.9 Å². The second-order valence-corrected chi connectivity index (χ2v) is 7.66. The summed E-state index contributed by atoms with van der Waals surface area (Å²) in [7, 11) is 0. The van der Waals surface area contributed by atoms with Crippen molar-refractivity contribution in [2.45, 2.75) is 36.4 Å². The molecular formula is C15H21N3O2S. The van der Waals surface area contributed by atoms with E-state index in [0.29, 0.717) is 6.54 Å². The van der Waals surface area contributed by atoms with Crippen LogP contribution in [-0.2, 0) is 16.0 Å².